The van der Waals surface area contributed by atoms with Crippen molar-refractivity contribution < 1.29 is 9.53 Å². The highest BCUT2D eigenvalue weighted by molar-refractivity contribution is 8.00. The molecule has 0 spiro atoms. The Morgan fingerprint density at radius 2 is 2.35 bits per heavy atom. The van der Waals surface area contributed by atoms with Crippen molar-refractivity contribution in [1.82, 2.24) is 25.4 Å². The van der Waals surface area contributed by atoms with E-state index in [2.05, 4.69) is 25.4 Å². The normalized spacial score (nSPS) is 10.5. The van der Waals surface area contributed by atoms with E-state index in [0.717, 1.165) is 17.2 Å². The maximum Gasteiger partial charge on any atom is 0.369 e. The average Bonchev–Trinajstić information content (AvgIpc) is 2.89. The van der Waals surface area contributed by atoms with Gasteiger partial charge in [0.05, 0.1) is 6.61 Å². The summed E-state index contributed by atoms with van der Waals surface area (Å²) in [7, 11) is 0. The van der Waals surface area contributed by atoms with Crippen molar-refractivity contribution in [2.75, 3.05) is 6.61 Å². The number of carbonyl (C=O) groups excluding carboxylic acids is 1. The highest BCUT2D eigenvalue weighted by Crippen LogP contribution is 2.27. The van der Waals surface area contributed by atoms with E-state index in [1.165, 1.54) is 11.8 Å². The van der Waals surface area contributed by atoms with Crippen LogP contribution < -0.4 is 0 Å². The summed E-state index contributed by atoms with van der Waals surface area (Å²) in [5, 5.41) is 15.1. The summed E-state index contributed by atoms with van der Waals surface area (Å²) in [6, 6.07) is 0. The van der Waals surface area contributed by atoms with E-state index < -0.39 is 5.97 Å². The van der Waals surface area contributed by atoms with Crippen molar-refractivity contribution >= 4 is 29.1 Å². The van der Waals surface area contributed by atoms with Gasteiger partial charge in [-0.3, -0.25) is 5.10 Å². The molecular formula is C8H9N5O2S2. The summed E-state index contributed by atoms with van der Waals surface area (Å²) < 4.78 is 5.42. The molecular weight excluding hydrogens is 262 g/mol. The van der Waals surface area contributed by atoms with Gasteiger partial charge >= 0.3 is 5.97 Å². The molecule has 0 aliphatic heterocycles. The van der Waals surface area contributed by atoms with Crippen molar-refractivity contribution in [3.8, 4) is 0 Å². The molecule has 0 aliphatic rings. The number of carbonyl (C=O) groups is 1. The Morgan fingerprint density at radius 3 is 3.00 bits per heavy atom. The Hall–Kier alpha value is -1.48. The lowest BCUT2D eigenvalue weighted by Crippen LogP contribution is -2.03. The van der Waals surface area contributed by atoms with Crippen LogP contribution in [-0.2, 0) is 4.74 Å². The summed E-state index contributed by atoms with van der Waals surface area (Å²) in [5.74, 6) is 0.269. The number of aromatic amines is 1. The SMILES string of the molecule is CCOC(=O)c1nnc(Sc2n[nH]c(C)n2)s1. The molecule has 2 aromatic rings. The molecule has 0 atom stereocenters. The first-order chi connectivity index (χ1) is 8.19. The fraction of sp³-hybridized carbons (Fsp3) is 0.375. The first-order valence-corrected chi connectivity index (χ1v) is 6.40. The number of hydrogen-bond acceptors (Lipinski definition) is 8. The first kappa shape index (κ1) is 12.0. The summed E-state index contributed by atoms with van der Waals surface area (Å²) in [5.41, 5.74) is 0. The molecule has 0 aromatic carbocycles. The highest BCUT2D eigenvalue weighted by Gasteiger charge is 2.15. The molecule has 0 unspecified atom stereocenters. The van der Waals surface area contributed by atoms with Crippen molar-refractivity contribution in [1.29, 1.82) is 0 Å². The van der Waals surface area contributed by atoms with Crippen LogP contribution in [0.5, 0.6) is 0 Å². The predicted molar refractivity (Wildman–Crippen MR) is 61.1 cm³/mol. The van der Waals surface area contributed by atoms with Gasteiger partial charge < -0.3 is 4.74 Å². The fourth-order valence-corrected chi connectivity index (χ4v) is 2.58. The number of aryl methyl sites for hydroxylation is 1. The molecule has 2 aromatic heterocycles. The van der Waals surface area contributed by atoms with Gasteiger partial charge in [-0.1, -0.05) is 11.3 Å². The second-order valence-electron chi connectivity index (χ2n) is 2.90. The van der Waals surface area contributed by atoms with E-state index in [0.29, 0.717) is 16.1 Å². The van der Waals surface area contributed by atoms with Gasteiger partial charge in [-0.15, -0.1) is 15.3 Å². The van der Waals surface area contributed by atoms with Crippen molar-refractivity contribution in [3.63, 3.8) is 0 Å². The number of esters is 1. The van der Waals surface area contributed by atoms with Crippen LogP contribution in [0.25, 0.3) is 0 Å². The lowest BCUT2D eigenvalue weighted by atomic mass is 10.7. The van der Waals surface area contributed by atoms with Gasteiger partial charge in [0.2, 0.25) is 10.2 Å². The van der Waals surface area contributed by atoms with Gasteiger partial charge in [0.1, 0.15) is 5.82 Å². The zero-order valence-electron chi connectivity index (χ0n) is 9.13. The minimum atomic E-state index is -0.456. The number of hydrogen-bond donors (Lipinski definition) is 1. The van der Waals surface area contributed by atoms with Gasteiger partial charge in [0, 0.05) is 0 Å². The molecule has 2 rings (SSSR count). The molecule has 17 heavy (non-hydrogen) atoms. The van der Waals surface area contributed by atoms with E-state index in [1.54, 1.807) is 13.8 Å². The van der Waals surface area contributed by atoms with E-state index in [1.807, 2.05) is 0 Å². The molecule has 0 amide bonds. The molecule has 0 bridgehead atoms. The zero-order valence-corrected chi connectivity index (χ0v) is 10.8. The van der Waals surface area contributed by atoms with Gasteiger partial charge in [-0.2, -0.15) is 0 Å². The molecule has 1 N–H and O–H groups in total. The number of rotatable bonds is 4. The lowest BCUT2D eigenvalue weighted by molar-refractivity contribution is 0.0525. The quantitative estimate of drug-likeness (QED) is 0.837. The maximum atomic E-state index is 11.4. The molecule has 0 fully saturated rings. The maximum absolute atomic E-state index is 11.4. The number of H-pyrrole nitrogens is 1. The van der Waals surface area contributed by atoms with E-state index in [9.17, 15) is 4.79 Å². The number of nitrogens with zero attached hydrogens (tertiary/aromatic N) is 4. The van der Waals surface area contributed by atoms with Crippen LogP contribution in [0.3, 0.4) is 0 Å². The van der Waals surface area contributed by atoms with E-state index in [-0.39, 0.29) is 5.01 Å². The monoisotopic (exact) mass is 271 g/mol. The second kappa shape index (κ2) is 5.23. The molecule has 7 nitrogen and oxygen atoms in total. The predicted octanol–water partition coefficient (Wildman–Crippen LogP) is 1.29. The van der Waals surface area contributed by atoms with Crippen LogP contribution in [0.15, 0.2) is 9.50 Å². The van der Waals surface area contributed by atoms with Crippen molar-refractivity contribution in [3.05, 3.63) is 10.8 Å². The minimum absolute atomic E-state index is 0.238. The number of aromatic nitrogens is 5. The third-order valence-electron chi connectivity index (χ3n) is 1.61. The Labute approximate surface area is 105 Å². The third-order valence-corrected chi connectivity index (χ3v) is 3.43. The molecule has 0 saturated heterocycles. The topological polar surface area (TPSA) is 93.6 Å². The van der Waals surface area contributed by atoms with Crippen LogP contribution in [-0.4, -0.2) is 38.0 Å². The molecule has 0 radical (unpaired) electrons. The van der Waals surface area contributed by atoms with E-state index in [4.69, 9.17) is 4.74 Å². The third kappa shape index (κ3) is 3.01. The fourth-order valence-electron chi connectivity index (χ4n) is 0.972. The van der Waals surface area contributed by atoms with Gasteiger partial charge in [0.15, 0.2) is 4.34 Å². The molecule has 9 heteroatoms. The Balaban J connectivity index is 2.06. The summed E-state index contributed by atoms with van der Waals surface area (Å²) in [6.07, 6.45) is 0. The van der Waals surface area contributed by atoms with Crippen LogP contribution in [0.2, 0.25) is 0 Å². The summed E-state index contributed by atoms with van der Waals surface area (Å²) in [4.78, 5) is 15.5. The van der Waals surface area contributed by atoms with Crippen LogP contribution in [0.4, 0.5) is 0 Å². The highest BCUT2D eigenvalue weighted by atomic mass is 32.2. The largest absolute Gasteiger partial charge is 0.461 e. The number of ether oxygens (including phenoxy) is 1. The van der Waals surface area contributed by atoms with E-state index >= 15 is 0 Å². The Morgan fingerprint density at radius 1 is 1.53 bits per heavy atom. The van der Waals surface area contributed by atoms with Crippen LogP contribution in [0.1, 0.15) is 22.6 Å². The zero-order chi connectivity index (χ0) is 12.3. The Bertz CT molecular complexity index is 523. The van der Waals surface area contributed by atoms with Crippen molar-refractivity contribution in [2.24, 2.45) is 0 Å². The standard InChI is InChI=1S/C8H9N5O2S2/c1-3-15-6(14)5-11-13-8(16-5)17-7-9-4(2)10-12-7/h3H2,1-2H3,(H,9,10,12). The Kier molecular flexibility index (Phi) is 3.69. The summed E-state index contributed by atoms with van der Waals surface area (Å²) >= 11 is 2.41. The molecule has 90 valence electrons. The molecule has 0 aliphatic carbocycles. The molecule has 2 heterocycles. The van der Waals surface area contributed by atoms with Crippen LogP contribution >= 0.6 is 23.1 Å². The smallest absolute Gasteiger partial charge is 0.369 e. The lowest BCUT2D eigenvalue weighted by Gasteiger charge is -1.94. The minimum Gasteiger partial charge on any atom is -0.461 e. The number of nitrogens with one attached hydrogen (secondary N) is 1. The van der Waals surface area contributed by atoms with Crippen molar-refractivity contribution in [2.45, 2.75) is 23.3 Å². The van der Waals surface area contributed by atoms with Gasteiger partial charge in [0.25, 0.3) is 0 Å². The summed E-state index contributed by atoms with van der Waals surface area (Å²) in [6.45, 7) is 3.87. The molecule has 0 saturated carbocycles. The second-order valence-corrected chi connectivity index (χ2v) is 5.09. The average molecular weight is 271 g/mol. The van der Waals surface area contributed by atoms with Gasteiger partial charge in [-0.05, 0) is 25.6 Å². The van der Waals surface area contributed by atoms with Crippen LogP contribution in [0, 0.1) is 6.92 Å². The van der Waals surface area contributed by atoms with Gasteiger partial charge in [-0.25, -0.2) is 9.78 Å². The first-order valence-electron chi connectivity index (χ1n) is 4.76.